The maximum atomic E-state index is 12.1. The van der Waals surface area contributed by atoms with Crippen LogP contribution in [0.3, 0.4) is 0 Å². The molecule has 0 saturated heterocycles. The third kappa shape index (κ3) is 5.11. The molecule has 140 valence electrons. The molecular formula is C19H24N2O5. The van der Waals surface area contributed by atoms with Gasteiger partial charge in [0.15, 0.2) is 17.6 Å². The Morgan fingerprint density at radius 2 is 1.81 bits per heavy atom. The Labute approximate surface area is 152 Å². The zero-order chi connectivity index (χ0) is 18.9. The van der Waals surface area contributed by atoms with E-state index in [4.69, 9.17) is 14.2 Å². The van der Waals surface area contributed by atoms with E-state index in [9.17, 15) is 9.90 Å². The molecule has 0 aliphatic carbocycles. The molecule has 0 aliphatic heterocycles. The van der Waals surface area contributed by atoms with Crippen LogP contribution in [-0.2, 0) is 11.3 Å². The van der Waals surface area contributed by atoms with Crippen molar-refractivity contribution in [1.29, 1.82) is 0 Å². The number of benzene rings is 2. The fraction of sp³-hybridized carbons (Fsp3) is 0.316. The van der Waals surface area contributed by atoms with Gasteiger partial charge in [0.2, 0.25) is 0 Å². The van der Waals surface area contributed by atoms with Gasteiger partial charge in [-0.15, -0.1) is 0 Å². The minimum Gasteiger partial charge on any atom is -0.497 e. The van der Waals surface area contributed by atoms with Crippen LogP contribution in [0.5, 0.6) is 17.2 Å². The summed E-state index contributed by atoms with van der Waals surface area (Å²) >= 11 is 0. The quantitative estimate of drug-likeness (QED) is 0.593. The molecule has 2 rings (SSSR count). The van der Waals surface area contributed by atoms with Gasteiger partial charge in [-0.05, 0) is 42.3 Å². The molecule has 0 aliphatic rings. The van der Waals surface area contributed by atoms with Gasteiger partial charge in [-0.25, -0.2) is 5.43 Å². The number of rotatable bonds is 9. The normalized spacial score (nSPS) is 11.5. The maximum absolute atomic E-state index is 12.1. The van der Waals surface area contributed by atoms with Gasteiger partial charge >= 0.3 is 0 Å². The number of hydrogen-bond acceptors (Lipinski definition) is 6. The highest BCUT2D eigenvalue weighted by Gasteiger charge is 2.17. The minimum atomic E-state index is -1.27. The average molecular weight is 360 g/mol. The second kappa shape index (κ2) is 9.65. The summed E-state index contributed by atoms with van der Waals surface area (Å²) in [5, 5.41) is 10.1. The Kier molecular flexibility index (Phi) is 7.25. The summed E-state index contributed by atoms with van der Waals surface area (Å²) in [5.74, 6) is 1.39. The van der Waals surface area contributed by atoms with Crippen LogP contribution in [0.25, 0.3) is 0 Å². The summed E-state index contributed by atoms with van der Waals surface area (Å²) in [7, 11) is 3.13. The number of carbonyl (C=O) groups is 1. The highest BCUT2D eigenvalue weighted by Crippen LogP contribution is 2.27. The second-order valence-corrected chi connectivity index (χ2v) is 5.44. The lowest BCUT2D eigenvalue weighted by molar-refractivity contribution is -0.130. The Morgan fingerprint density at radius 1 is 1.08 bits per heavy atom. The van der Waals surface area contributed by atoms with Crippen molar-refractivity contribution < 1.29 is 24.1 Å². The predicted octanol–water partition coefficient (Wildman–Crippen LogP) is 1.96. The lowest BCUT2D eigenvalue weighted by Crippen LogP contribution is -2.39. The van der Waals surface area contributed by atoms with Crippen LogP contribution in [0.15, 0.2) is 42.5 Å². The molecule has 1 atom stereocenters. The van der Waals surface area contributed by atoms with Crippen molar-refractivity contribution in [3.05, 3.63) is 53.6 Å². The van der Waals surface area contributed by atoms with E-state index in [1.54, 1.807) is 38.5 Å². The molecule has 7 heteroatoms. The number of methoxy groups -OCH3 is 2. The first-order chi connectivity index (χ1) is 12.6. The number of amides is 1. The molecule has 2 aromatic rings. The molecule has 0 spiro atoms. The zero-order valence-electron chi connectivity index (χ0n) is 15.1. The summed E-state index contributed by atoms with van der Waals surface area (Å²) in [6.07, 6.45) is -1.27. The van der Waals surface area contributed by atoms with E-state index in [-0.39, 0.29) is 0 Å². The molecule has 1 unspecified atom stereocenters. The first kappa shape index (κ1) is 19.6. The molecule has 7 nitrogen and oxygen atoms in total. The van der Waals surface area contributed by atoms with Gasteiger partial charge in [-0.2, -0.15) is 0 Å². The molecule has 0 heterocycles. The summed E-state index contributed by atoms with van der Waals surface area (Å²) in [4.78, 5) is 12.1. The Balaban J connectivity index is 1.89. The van der Waals surface area contributed by atoms with E-state index in [1.807, 2.05) is 25.1 Å². The molecule has 0 radical (unpaired) electrons. The molecule has 0 saturated carbocycles. The largest absolute Gasteiger partial charge is 0.497 e. The number of hydrazine groups is 1. The molecule has 26 heavy (non-hydrogen) atoms. The number of aliphatic hydroxyl groups is 1. The summed E-state index contributed by atoms with van der Waals surface area (Å²) in [5.41, 5.74) is 6.66. The van der Waals surface area contributed by atoms with Gasteiger partial charge in [0.05, 0.1) is 20.8 Å². The first-order valence-electron chi connectivity index (χ1n) is 8.23. The monoisotopic (exact) mass is 360 g/mol. The number of ether oxygens (including phenoxy) is 3. The maximum Gasteiger partial charge on any atom is 0.267 e. The average Bonchev–Trinajstić information content (AvgIpc) is 2.68. The fourth-order valence-electron chi connectivity index (χ4n) is 2.34. The molecule has 0 bridgehead atoms. The van der Waals surface area contributed by atoms with E-state index in [2.05, 4.69) is 10.9 Å². The van der Waals surface area contributed by atoms with E-state index >= 15 is 0 Å². The van der Waals surface area contributed by atoms with Crippen molar-refractivity contribution in [3.63, 3.8) is 0 Å². The minimum absolute atomic E-state index is 0.365. The fourth-order valence-corrected chi connectivity index (χ4v) is 2.34. The molecule has 2 aromatic carbocycles. The summed E-state index contributed by atoms with van der Waals surface area (Å²) in [6, 6.07) is 12.2. The van der Waals surface area contributed by atoms with E-state index in [1.165, 1.54) is 0 Å². The third-order valence-corrected chi connectivity index (χ3v) is 3.71. The van der Waals surface area contributed by atoms with Gasteiger partial charge in [-0.1, -0.05) is 18.2 Å². The Bertz CT molecular complexity index is 718. The van der Waals surface area contributed by atoms with Gasteiger partial charge in [-0.3, -0.25) is 10.2 Å². The zero-order valence-corrected chi connectivity index (χ0v) is 15.1. The molecule has 0 aromatic heterocycles. The van der Waals surface area contributed by atoms with Crippen molar-refractivity contribution >= 4 is 5.91 Å². The number of hydrogen-bond donors (Lipinski definition) is 3. The second-order valence-electron chi connectivity index (χ2n) is 5.44. The van der Waals surface area contributed by atoms with Crippen molar-refractivity contribution in [3.8, 4) is 17.2 Å². The number of nitrogens with one attached hydrogen (secondary N) is 2. The van der Waals surface area contributed by atoms with E-state index < -0.39 is 12.0 Å². The van der Waals surface area contributed by atoms with Gasteiger partial charge in [0.1, 0.15) is 5.75 Å². The van der Waals surface area contributed by atoms with Gasteiger partial charge in [0, 0.05) is 6.54 Å². The SMILES string of the molecule is CCOc1ccc(CNNC(=O)C(O)c2ccc(OC)cc2)cc1OC. The van der Waals surface area contributed by atoms with Crippen LogP contribution in [-0.4, -0.2) is 31.8 Å². The van der Waals surface area contributed by atoms with Gasteiger partial charge < -0.3 is 19.3 Å². The van der Waals surface area contributed by atoms with Crippen LogP contribution in [0.1, 0.15) is 24.2 Å². The summed E-state index contributed by atoms with van der Waals surface area (Å²) in [6.45, 7) is 2.82. The molecular weight excluding hydrogens is 336 g/mol. The molecule has 3 N–H and O–H groups in total. The number of carbonyl (C=O) groups excluding carboxylic acids is 1. The lowest BCUT2D eigenvalue weighted by atomic mass is 10.1. The molecule has 1 amide bonds. The Hall–Kier alpha value is -2.77. The van der Waals surface area contributed by atoms with E-state index in [0.717, 1.165) is 5.56 Å². The van der Waals surface area contributed by atoms with Crippen LogP contribution in [0.2, 0.25) is 0 Å². The third-order valence-electron chi connectivity index (χ3n) is 3.71. The molecule has 0 fully saturated rings. The topological polar surface area (TPSA) is 89.1 Å². The van der Waals surface area contributed by atoms with Crippen molar-refractivity contribution in [2.24, 2.45) is 0 Å². The van der Waals surface area contributed by atoms with Crippen molar-refractivity contribution in [2.45, 2.75) is 19.6 Å². The van der Waals surface area contributed by atoms with Crippen LogP contribution in [0, 0.1) is 0 Å². The highest BCUT2D eigenvalue weighted by molar-refractivity contribution is 5.81. The lowest BCUT2D eigenvalue weighted by Gasteiger charge is -2.14. The van der Waals surface area contributed by atoms with Crippen LogP contribution >= 0.6 is 0 Å². The van der Waals surface area contributed by atoms with E-state index in [0.29, 0.717) is 36.0 Å². The van der Waals surface area contributed by atoms with Crippen molar-refractivity contribution in [2.75, 3.05) is 20.8 Å². The van der Waals surface area contributed by atoms with Gasteiger partial charge in [0.25, 0.3) is 5.91 Å². The standard InChI is InChI=1S/C19H24N2O5/c1-4-26-16-10-5-13(11-17(16)25-3)12-20-21-19(23)18(22)14-6-8-15(24-2)9-7-14/h5-11,18,20,22H,4,12H2,1-3H3,(H,21,23). The summed E-state index contributed by atoms with van der Waals surface area (Å²) < 4.78 is 15.8. The predicted molar refractivity (Wildman–Crippen MR) is 97.1 cm³/mol. The smallest absolute Gasteiger partial charge is 0.267 e. The van der Waals surface area contributed by atoms with Crippen molar-refractivity contribution in [1.82, 2.24) is 10.9 Å². The highest BCUT2D eigenvalue weighted by atomic mass is 16.5. The van der Waals surface area contributed by atoms with Crippen LogP contribution < -0.4 is 25.1 Å². The Morgan fingerprint density at radius 3 is 2.42 bits per heavy atom. The first-order valence-corrected chi connectivity index (χ1v) is 8.23. The van der Waals surface area contributed by atoms with Crippen LogP contribution in [0.4, 0.5) is 0 Å². The number of aliphatic hydroxyl groups excluding tert-OH is 1.